The van der Waals surface area contributed by atoms with Crippen molar-refractivity contribution < 1.29 is 0 Å². The number of pyridine rings is 1. The molecule has 0 aliphatic heterocycles. The number of hydrogen-bond acceptors (Lipinski definition) is 2. The maximum absolute atomic E-state index is 4.66. The standard InChI is InChI=1S/C14H21N3/c1-6-17-12-7-11(9(2)3)8-15-14(12)13(16-17)10(4)5/h7-10H,6H2,1-5H3. The predicted octanol–water partition coefficient (Wildman–Crippen LogP) is 3.70. The summed E-state index contributed by atoms with van der Waals surface area (Å²) < 4.78 is 2.06. The van der Waals surface area contributed by atoms with Gasteiger partial charge in [-0.15, -0.1) is 0 Å². The molecule has 92 valence electrons. The number of aromatic nitrogens is 3. The molecule has 2 heterocycles. The van der Waals surface area contributed by atoms with Crippen LogP contribution in [0.3, 0.4) is 0 Å². The molecule has 0 bridgehead atoms. The number of rotatable bonds is 3. The molecule has 2 rings (SSSR count). The number of hydrogen-bond donors (Lipinski definition) is 0. The van der Waals surface area contributed by atoms with E-state index in [1.54, 1.807) is 0 Å². The SMILES string of the molecule is CCn1nc(C(C)C)c2ncc(C(C)C)cc21. The molecule has 0 spiro atoms. The van der Waals surface area contributed by atoms with Gasteiger partial charge in [-0.3, -0.25) is 9.67 Å². The number of nitrogens with zero attached hydrogens (tertiary/aromatic N) is 3. The van der Waals surface area contributed by atoms with Gasteiger partial charge in [0.05, 0.1) is 11.2 Å². The van der Waals surface area contributed by atoms with Gasteiger partial charge < -0.3 is 0 Å². The van der Waals surface area contributed by atoms with Crippen LogP contribution in [0.1, 0.15) is 57.7 Å². The Morgan fingerprint density at radius 1 is 1.18 bits per heavy atom. The van der Waals surface area contributed by atoms with E-state index in [2.05, 4.69) is 55.4 Å². The van der Waals surface area contributed by atoms with E-state index in [9.17, 15) is 0 Å². The van der Waals surface area contributed by atoms with Crippen LogP contribution in [0.15, 0.2) is 12.3 Å². The predicted molar refractivity (Wildman–Crippen MR) is 71.4 cm³/mol. The molecule has 0 atom stereocenters. The second kappa shape index (κ2) is 4.47. The highest BCUT2D eigenvalue weighted by atomic mass is 15.3. The van der Waals surface area contributed by atoms with Crippen LogP contribution in [0.25, 0.3) is 11.0 Å². The molecule has 2 aromatic heterocycles. The third kappa shape index (κ3) is 2.06. The topological polar surface area (TPSA) is 30.7 Å². The lowest BCUT2D eigenvalue weighted by Crippen LogP contribution is -1.98. The molecule has 0 aliphatic rings. The molecule has 3 nitrogen and oxygen atoms in total. The second-order valence-corrected chi connectivity index (χ2v) is 5.15. The Hall–Kier alpha value is -1.38. The van der Waals surface area contributed by atoms with E-state index in [1.165, 1.54) is 11.1 Å². The molecular weight excluding hydrogens is 210 g/mol. The molecule has 0 amide bonds. The van der Waals surface area contributed by atoms with Crippen LogP contribution in [-0.4, -0.2) is 14.8 Å². The first-order valence-electron chi connectivity index (χ1n) is 6.41. The summed E-state index contributed by atoms with van der Waals surface area (Å²) in [4.78, 5) is 4.61. The molecule has 0 saturated heterocycles. The van der Waals surface area contributed by atoms with E-state index >= 15 is 0 Å². The van der Waals surface area contributed by atoms with E-state index in [0.29, 0.717) is 11.8 Å². The Kier molecular flexibility index (Phi) is 3.18. The van der Waals surface area contributed by atoms with E-state index in [1.807, 2.05) is 6.20 Å². The van der Waals surface area contributed by atoms with Gasteiger partial charge in [0.15, 0.2) is 0 Å². The Balaban J connectivity index is 2.68. The van der Waals surface area contributed by atoms with Crippen LogP contribution in [0, 0.1) is 0 Å². The quantitative estimate of drug-likeness (QED) is 0.806. The summed E-state index contributed by atoms with van der Waals surface area (Å²) in [5, 5.41) is 4.66. The minimum Gasteiger partial charge on any atom is -0.263 e. The zero-order chi connectivity index (χ0) is 12.6. The summed E-state index contributed by atoms with van der Waals surface area (Å²) in [5.74, 6) is 0.928. The largest absolute Gasteiger partial charge is 0.263 e. The summed E-state index contributed by atoms with van der Waals surface area (Å²) in [6.07, 6.45) is 1.99. The van der Waals surface area contributed by atoms with Gasteiger partial charge in [-0.1, -0.05) is 27.7 Å². The molecule has 3 heteroatoms. The average molecular weight is 231 g/mol. The smallest absolute Gasteiger partial charge is 0.112 e. The molecule has 17 heavy (non-hydrogen) atoms. The van der Waals surface area contributed by atoms with Gasteiger partial charge in [-0.2, -0.15) is 5.10 Å². The average Bonchev–Trinajstić information content (AvgIpc) is 2.66. The fourth-order valence-corrected chi connectivity index (χ4v) is 2.04. The first kappa shape index (κ1) is 12.1. The zero-order valence-electron chi connectivity index (χ0n) is 11.4. The summed E-state index contributed by atoms with van der Waals surface area (Å²) in [5.41, 5.74) is 4.62. The van der Waals surface area contributed by atoms with Crippen molar-refractivity contribution in [3.63, 3.8) is 0 Å². The summed E-state index contributed by atoms with van der Waals surface area (Å²) in [6.45, 7) is 11.7. The van der Waals surface area contributed by atoms with E-state index < -0.39 is 0 Å². The maximum Gasteiger partial charge on any atom is 0.112 e. The number of aryl methyl sites for hydroxylation is 1. The lowest BCUT2D eigenvalue weighted by molar-refractivity contribution is 0.653. The maximum atomic E-state index is 4.66. The molecule has 0 unspecified atom stereocenters. The van der Waals surface area contributed by atoms with Crippen molar-refractivity contribution in [2.75, 3.05) is 0 Å². The van der Waals surface area contributed by atoms with Crippen LogP contribution in [0.2, 0.25) is 0 Å². The first-order chi connectivity index (χ1) is 8.04. The summed E-state index contributed by atoms with van der Waals surface area (Å²) in [6, 6.07) is 2.23. The Morgan fingerprint density at radius 3 is 2.41 bits per heavy atom. The highest BCUT2D eigenvalue weighted by Crippen LogP contribution is 2.25. The van der Waals surface area contributed by atoms with Crippen molar-refractivity contribution in [1.82, 2.24) is 14.8 Å². The fourth-order valence-electron chi connectivity index (χ4n) is 2.04. The van der Waals surface area contributed by atoms with Crippen LogP contribution >= 0.6 is 0 Å². The van der Waals surface area contributed by atoms with E-state index in [0.717, 1.165) is 17.8 Å². The zero-order valence-corrected chi connectivity index (χ0v) is 11.4. The van der Waals surface area contributed by atoms with Crippen LogP contribution < -0.4 is 0 Å². The minimum atomic E-state index is 0.419. The Labute approximate surface area is 103 Å². The van der Waals surface area contributed by atoms with Crippen LogP contribution in [0.5, 0.6) is 0 Å². The van der Waals surface area contributed by atoms with Crippen LogP contribution in [-0.2, 0) is 6.54 Å². The summed E-state index contributed by atoms with van der Waals surface area (Å²) >= 11 is 0. The minimum absolute atomic E-state index is 0.419. The molecule has 0 aliphatic carbocycles. The van der Waals surface area contributed by atoms with Crippen molar-refractivity contribution in [2.45, 2.75) is 53.0 Å². The van der Waals surface area contributed by atoms with Gasteiger partial charge in [-0.05, 0) is 30.4 Å². The van der Waals surface area contributed by atoms with Crippen molar-refractivity contribution in [1.29, 1.82) is 0 Å². The van der Waals surface area contributed by atoms with Crippen molar-refractivity contribution >= 4 is 11.0 Å². The monoisotopic (exact) mass is 231 g/mol. The van der Waals surface area contributed by atoms with Gasteiger partial charge in [0.25, 0.3) is 0 Å². The first-order valence-corrected chi connectivity index (χ1v) is 6.41. The fraction of sp³-hybridized carbons (Fsp3) is 0.571. The van der Waals surface area contributed by atoms with Gasteiger partial charge in [0.1, 0.15) is 5.52 Å². The Morgan fingerprint density at radius 2 is 1.88 bits per heavy atom. The van der Waals surface area contributed by atoms with Crippen molar-refractivity contribution in [2.24, 2.45) is 0 Å². The molecule has 0 saturated carbocycles. The third-order valence-corrected chi connectivity index (χ3v) is 3.15. The molecule has 0 radical (unpaired) electrons. The van der Waals surface area contributed by atoms with E-state index in [4.69, 9.17) is 0 Å². The number of fused-ring (bicyclic) bond motifs is 1. The molecule has 0 aromatic carbocycles. The van der Waals surface area contributed by atoms with Gasteiger partial charge in [-0.25, -0.2) is 0 Å². The van der Waals surface area contributed by atoms with Gasteiger partial charge >= 0.3 is 0 Å². The Bertz CT molecular complexity index is 523. The molecule has 2 aromatic rings. The van der Waals surface area contributed by atoms with Crippen LogP contribution in [0.4, 0.5) is 0 Å². The van der Waals surface area contributed by atoms with Crippen molar-refractivity contribution in [3.05, 3.63) is 23.5 Å². The lowest BCUT2D eigenvalue weighted by Gasteiger charge is -2.05. The van der Waals surface area contributed by atoms with E-state index in [-0.39, 0.29) is 0 Å². The van der Waals surface area contributed by atoms with Gasteiger partial charge in [0, 0.05) is 12.7 Å². The van der Waals surface area contributed by atoms with Gasteiger partial charge in [0.2, 0.25) is 0 Å². The highest BCUT2D eigenvalue weighted by Gasteiger charge is 2.15. The van der Waals surface area contributed by atoms with Crippen molar-refractivity contribution in [3.8, 4) is 0 Å². The summed E-state index contributed by atoms with van der Waals surface area (Å²) in [7, 11) is 0. The molecule has 0 N–H and O–H groups in total. The highest BCUT2D eigenvalue weighted by molar-refractivity contribution is 5.78. The third-order valence-electron chi connectivity index (χ3n) is 3.15. The lowest BCUT2D eigenvalue weighted by atomic mass is 10.0. The molecule has 0 fully saturated rings. The normalized spacial score (nSPS) is 11.9. The molecular formula is C14H21N3. The second-order valence-electron chi connectivity index (χ2n) is 5.15.